The largest absolute Gasteiger partial charge is 0.341 e. The Morgan fingerprint density at radius 2 is 2.00 bits per heavy atom. The quantitative estimate of drug-likeness (QED) is 0.896. The summed E-state index contributed by atoms with van der Waals surface area (Å²) in [5, 5.41) is 0. The molecular weight excluding hydrogens is 264 g/mol. The molecule has 1 N–H and O–H groups in total. The van der Waals surface area contributed by atoms with Crippen LogP contribution in [0.1, 0.15) is 24.2 Å². The van der Waals surface area contributed by atoms with E-state index < -0.39 is 10.0 Å². The molecule has 1 aromatic carbocycles. The van der Waals surface area contributed by atoms with Gasteiger partial charge in [-0.2, -0.15) is 0 Å². The van der Waals surface area contributed by atoms with Crippen molar-refractivity contribution in [2.24, 2.45) is 5.92 Å². The van der Waals surface area contributed by atoms with Crippen LogP contribution in [0.2, 0.25) is 0 Å². The summed E-state index contributed by atoms with van der Waals surface area (Å²) in [6.07, 6.45) is 1.08. The molecule has 0 spiro atoms. The molecule has 1 amide bonds. The monoisotopic (exact) mass is 284 g/mol. The number of anilines is 1. The number of amides is 1. The molecule has 1 aromatic rings. The number of hydrogen-bond donors (Lipinski definition) is 1. The average Bonchev–Trinajstić information content (AvgIpc) is 2.25. The van der Waals surface area contributed by atoms with Gasteiger partial charge in [-0.1, -0.05) is 19.9 Å². The first-order valence-corrected chi connectivity index (χ1v) is 7.91. The fraction of sp³-hybridized carbons (Fsp3) is 0.462. The van der Waals surface area contributed by atoms with Gasteiger partial charge in [-0.25, -0.2) is 8.42 Å². The minimum absolute atomic E-state index is 0.120. The van der Waals surface area contributed by atoms with E-state index in [2.05, 4.69) is 4.72 Å². The molecule has 0 saturated heterocycles. The molecule has 0 fully saturated rings. The minimum Gasteiger partial charge on any atom is -0.341 e. The van der Waals surface area contributed by atoms with E-state index in [1.165, 1.54) is 0 Å². The molecule has 0 aromatic heterocycles. The smallest absolute Gasteiger partial charge is 0.253 e. The van der Waals surface area contributed by atoms with Crippen LogP contribution in [0.15, 0.2) is 24.3 Å². The number of rotatable bonds is 5. The second-order valence-electron chi connectivity index (χ2n) is 5.03. The van der Waals surface area contributed by atoms with E-state index in [1.807, 2.05) is 13.8 Å². The number of nitrogens with zero attached hydrogens (tertiary/aromatic N) is 1. The molecule has 5 nitrogen and oxygen atoms in total. The Kier molecular flexibility index (Phi) is 4.94. The topological polar surface area (TPSA) is 66.5 Å². The van der Waals surface area contributed by atoms with Crippen molar-refractivity contribution in [2.45, 2.75) is 13.8 Å². The van der Waals surface area contributed by atoms with Gasteiger partial charge in [-0.3, -0.25) is 9.52 Å². The van der Waals surface area contributed by atoms with Crippen molar-refractivity contribution < 1.29 is 13.2 Å². The Bertz CT molecular complexity index is 553. The first-order chi connectivity index (χ1) is 8.69. The van der Waals surface area contributed by atoms with Crippen LogP contribution < -0.4 is 4.72 Å². The lowest BCUT2D eigenvalue weighted by molar-refractivity contribution is 0.0779. The van der Waals surface area contributed by atoms with Crippen molar-refractivity contribution in [1.29, 1.82) is 0 Å². The number of benzene rings is 1. The van der Waals surface area contributed by atoms with Gasteiger partial charge < -0.3 is 4.90 Å². The first-order valence-electron chi connectivity index (χ1n) is 6.02. The van der Waals surface area contributed by atoms with Gasteiger partial charge in [0.15, 0.2) is 0 Å². The second-order valence-corrected chi connectivity index (χ2v) is 6.78. The van der Waals surface area contributed by atoms with Crippen molar-refractivity contribution in [1.82, 2.24) is 4.90 Å². The minimum atomic E-state index is -3.33. The highest BCUT2D eigenvalue weighted by Gasteiger charge is 2.13. The van der Waals surface area contributed by atoms with Gasteiger partial charge in [-0.15, -0.1) is 0 Å². The van der Waals surface area contributed by atoms with E-state index in [1.54, 1.807) is 36.2 Å². The van der Waals surface area contributed by atoms with Gasteiger partial charge in [0.2, 0.25) is 10.0 Å². The summed E-state index contributed by atoms with van der Waals surface area (Å²) in [4.78, 5) is 13.8. The zero-order chi connectivity index (χ0) is 14.6. The van der Waals surface area contributed by atoms with Crippen LogP contribution in [0.5, 0.6) is 0 Å². The van der Waals surface area contributed by atoms with Crippen molar-refractivity contribution in [3.8, 4) is 0 Å². The van der Waals surface area contributed by atoms with Crippen LogP contribution in [0.4, 0.5) is 5.69 Å². The highest BCUT2D eigenvalue weighted by molar-refractivity contribution is 7.92. The highest BCUT2D eigenvalue weighted by atomic mass is 32.2. The average molecular weight is 284 g/mol. The Morgan fingerprint density at radius 1 is 1.37 bits per heavy atom. The fourth-order valence-electron chi connectivity index (χ4n) is 1.78. The zero-order valence-electron chi connectivity index (χ0n) is 11.7. The SMILES string of the molecule is CC(C)CN(C)C(=O)c1cccc(NS(C)(=O)=O)c1. The van der Waals surface area contributed by atoms with E-state index in [0.29, 0.717) is 23.7 Å². The molecule has 1 rings (SSSR count). The third kappa shape index (κ3) is 5.30. The maximum atomic E-state index is 12.1. The van der Waals surface area contributed by atoms with Crippen LogP contribution in [0.3, 0.4) is 0 Å². The molecule has 0 unspecified atom stereocenters. The summed E-state index contributed by atoms with van der Waals surface area (Å²) in [5.74, 6) is 0.261. The van der Waals surface area contributed by atoms with Crippen LogP contribution in [-0.2, 0) is 10.0 Å². The van der Waals surface area contributed by atoms with Crippen molar-refractivity contribution in [3.05, 3.63) is 29.8 Å². The summed E-state index contributed by atoms with van der Waals surface area (Å²) in [6.45, 7) is 4.72. The van der Waals surface area contributed by atoms with Crippen molar-refractivity contribution in [2.75, 3.05) is 24.6 Å². The Balaban J connectivity index is 2.90. The predicted molar refractivity (Wildman–Crippen MR) is 76.7 cm³/mol. The third-order valence-electron chi connectivity index (χ3n) is 2.40. The van der Waals surface area contributed by atoms with E-state index in [-0.39, 0.29) is 5.91 Å². The summed E-state index contributed by atoms with van der Waals surface area (Å²) >= 11 is 0. The molecule has 6 heteroatoms. The van der Waals surface area contributed by atoms with E-state index in [4.69, 9.17) is 0 Å². The highest BCUT2D eigenvalue weighted by Crippen LogP contribution is 2.14. The fourth-order valence-corrected chi connectivity index (χ4v) is 2.34. The lowest BCUT2D eigenvalue weighted by Crippen LogP contribution is -2.30. The van der Waals surface area contributed by atoms with E-state index in [0.717, 1.165) is 6.26 Å². The molecule has 0 heterocycles. The summed E-state index contributed by atoms with van der Waals surface area (Å²) < 4.78 is 24.7. The second kappa shape index (κ2) is 6.06. The van der Waals surface area contributed by atoms with Crippen LogP contribution >= 0.6 is 0 Å². The van der Waals surface area contributed by atoms with Gasteiger partial charge in [-0.05, 0) is 24.1 Å². The molecule has 0 saturated carbocycles. The molecule has 0 atom stereocenters. The number of nitrogens with one attached hydrogen (secondary N) is 1. The Morgan fingerprint density at radius 3 is 2.53 bits per heavy atom. The predicted octanol–water partition coefficient (Wildman–Crippen LogP) is 1.79. The Labute approximate surface area is 114 Å². The third-order valence-corrected chi connectivity index (χ3v) is 3.00. The van der Waals surface area contributed by atoms with Gasteiger partial charge in [0.05, 0.1) is 6.26 Å². The van der Waals surface area contributed by atoms with Crippen molar-refractivity contribution in [3.63, 3.8) is 0 Å². The first kappa shape index (κ1) is 15.5. The van der Waals surface area contributed by atoms with Gasteiger partial charge >= 0.3 is 0 Å². The van der Waals surface area contributed by atoms with Crippen LogP contribution in [0, 0.1) is 5.92 Å². The van der Waals surface area contributed by atoms with Gasteiger partial charge in [0.1, 0.15) is 0 Å². The molecule has 106 valence electrons. The molecule has 19 heavy (non-hydrogen) atoms. The summed E-state index contributed by atoms with van der Waals surface area (Å²) in [5.41, 5.74) is 0.864. The maximum Gasteiger partial charge on any atom is 0.253 e. The number of sulfonamides is 1. The number of carbonyl (C=O) groups is 1. The van der Waals surface area contributed by atoms with Crippen molar-refractivity contribution >= 4 is 21.6 Å². The molecule has 0 aliphatic carbocycles. The standard InChI is InChI=1S/C13H20N2O3S/c1-10(2)9-15(3)13(16)11-6-5-7-12(8-11)14-19(4,17)18/h5-8,10,14H,9H2,1-4H3. The van der Waals surface area contributed by atoms with E-state index >= 15 is 0 Å². The molecule has 0 bridgehead atoms. The maximum absolute atomic E-state index is 12.1. The molecule has 0 aliphatic heterocycles. The molecule has 0 radical (unpaired) electrons. The summed E-state index contributed by atoms with van der Waals surface area (Å²) in [6, 6.07) is 6.48. The summed E-state index contributed by atoms with van der Waals surface area (Å²) in [7, 11) is -1.60. The van der Waals surface area contributed by atoms with Crippen LogP contribution in [0.25, 0.3) is 0 Å². The normalized spacial score (nSPS) is 11.4. The van der Waals surface area contributed by atoms with E-state index in [9.17, 15) is 13.2 Å². The lowest BCUT2D eigenvalue weighted by Gasteiger charge is -2.19. The lowest BCUT2D eigenvalue weighted by atomic mass is 10.1. The Hall–Kier alpha value is -1.56. The van der Waals surface area contributed by atoms with Gasteiger partial charge in [0.25, 0.3) is 5.91 Å². The molecular formula is C13H20N2O3S. The number of carbonyl (C=O) groups excluding carboxylic acids is 1. The van der Waals surface area contributed by atoms with Gasteiger partial charge in [0, 0.05) is 24.8 Å². The number of hydrogen-bond acceptors (Lipinski definition) is 3. The zero-order valence-corrected chi connectivity index (χ0v) is 12.5. The van der Waals surface area contributed by atoms with Crippen LogP contribution in [-0.4, -0.2) is 39.1 Å². The molecule has 0 aliphatic rings.